The number of aromatic nitrogens is 2. The van der Waals surface area contributed by atoms with Crippen LogP contribution in [0, 0.1) is 0 Å². The van der Waals surface area contributed by atoms with Crippen molar-refractivity contribution in [1.29, 1.82) is 0 Å². The van der Waals surface area contributed by atoms with Crippen LogP contribution in [0.4, 0.5) is 5.82 Å². The topological polar surface area (TPSA) is 101 Å². The third-order valence-electron chi connectivity index (χ3n) is 2.33. The highest BCUT2D eigenvalue weighted by molar-refractivity contribution is 7.92. The van der Waals surface area contributed by atoms with E-state index < -0.39 is 10.0 Å². The van der Waals surface area contributed by atoms with Crippen LogP contribution in [0.1, 0.15) is 0 Å². The van der Waals surface area contributed by atoms with Crippen molar-refractivity contribution in [3.8, 4) is 11.6 Å². The summed E-state index contributed by atoms with van der Waals surface area (Å²) in [7, 11) is 2.90. The highest BCUT2D eigenvalue weighted by atomic mass is 32.2. The van der Waals surface area contributed by atoms with Crippen LogP contribution < -0.4 is 15.1 Å². The molecule has 0 saturated heterocycles. The Kier molecular flexibility index (Phi) is 3.80. The Morgan fingerprint density at radius 3 is 2.55 bits per heavy atom. The predicted molar refractivity (Wildman–Crippen MR) is 72.9 cm³/mol. The molecule has 7 nitrogen and oxygen atoms in total. The molecule has 0 amide bonds. The van der Waals surface area contributed by atoms with E-state index in [1.807, 2.05) is 0 Å². The van der Waals surface area contributed by atoms with Crippen molar-refractivity contribution in [3.63, 3.8) is 0 Å². The summed E-state index contributed by atoms with van der Waals surface area (Å²) in [5.41, 5.74) is 0.106. The van der Waals surface area contributed by atoms with Crippen LogP contribution in [0.5, 0.6) is 11.6 Å². The summed E-state index contributed by atoms with van der Waals surface area (Å²) in [6.45, 7) is 0. The number of nitrogens with zero attached hydrogens (tertiary/aromatic N) is 2. The lowest BCUT2D eigenvalue weighted by Gasteiger charge is -2.10. The van der Waals surface area contributed by atoms with E-state index in [0.29, 0.717) is 0 Å². The van der Waals surface area contributed by atoms with Gasteiger partial charge >= 0.3 is 0 Å². The number of phenols is 1. The molecule has 0 aliphatic rings. The zero-order valence-corrected chi connectivity index (χ0v) is 11.3. The van der Waals surface area contributed by atoms with Gasteiger partial charge in [-0.25, -0.2) is 18.4 Å². The number of sulfonamides is 1. The number of anilines is 1. The molecule has 1 aromatic heterocycles. The summed E-state index contributed by atoms with van der Waals surface area (Å²) in [4.78, 5) is 7.60. The highest BCUT2D eigenvalue weighted by Crippen LogP contribution is 2.21. The van der Waals surface area contributed by atoms with Gasteiger partial charge in [0, 0.05) is 11.8 Å². The molecule has 0 atom stereocenters. The van der Waals surface area contributed by atoms with E-state index >= 15 is 0 Å². The molecular formula is C11H10BN3O4S. The fourth-order valence-electron chi connectivity index (χ4n) is 1.41. The molecule has 2 radical (unpaired) electrons. The molecule has 0 bridgehead atoms. The summed E-state index contributed by atoms with van der Waals surface area (Å²) >= 11 is 0. The molecule has 0 saturated carbocycles. The number of phenolic OH excluding ortho intramolecular Hbond substituents is 1. The highest BCUT2D eigenvalue weighted by Gasteiger charge is 2.18. The second-order valence-corrected chi connectivity index (χ2v) is 5.43. The van der Waals surface area contributed by atoms with Crippen LogP contribution in [0.15, 0.2) is 35.4 Å². The van der Waals surface area contributed by atoms with Crippen molar-refractivity contribution >= 4 is 29.3 Å². The summed E-state index contributed by atoms with van der Waals surface area (Å²) < 4.78 is 31.4. The third kappa shape index (κ3) is 2.99. The molecule has 0 aliphatic carbocycles. The summed E-state index contributed by atoms with van der Waals surface area (Å²) in [6, 6.07) is 5.05. The Bertz CT molecular complexity index is 719. The second kappa shape index (κ2) is 5.37. The van der Waals surface area contributed by atoms with E-state index in [4.69, 9.17) is 17.7 Å². The van der Waals surface area contributed by atoms with Crippen molar-refractivity contribution < 1.29 is 18.3 Å². The quantitative estimate of drug-likeness (QED) is 0.755. The maximum absolute atomic E-state index is 12.1. The fraction of sp³-hybridized carbons (Fsp3) is 0.0909. The average Bonchev–Trinajstić information content (AvgIpc) is 2.41. The number of hydrogen-bond acceptors (Lipinski definition) is 6. The van der Waals surface area contributed by atoms with Gasteiger partial charge in [0.15, 0.2) is 0 Å². The second-order valence-electron chi connectivity index (χ2n) is 3.75. The van der Waals surface area contributed by atoms with Gasteiger partial charge in [-0.15, -0.1) is 0 Å². The van der Waals surface area contributed by atoms with Gasteiger partial charge in [0.05, 0.1) is 12.0 Å². The first-order valence-electron chi connectivity index (χ1n) is 5.41. The molecular weight excluding hydrogens is 281 g/mol. The minimum absolute atomic E-state index is 0.0315. The van der Waals surface area contributed by atoms with Gasteiger partial charge in [0.2, 0.25) is 5.82 Å². The van der Waals surface area contributed by atoms with Crippen LogP contribution in [-0.2, 0) is 10.0 Å². The van der Waals surface area contributed by atoms with E-state index in [0.717, 1.165) is 0 Å². The Morgan fingerprint density at radius 1 is 1.30 bits per heavy atom. The lowest BCUT2D eigenvalue weighted by Crippen LogP contribution is -2.18. The molecule has 0 spiro atoms. The fourth-order valence-corrected chi connectivity index (χ4v) is 2.42. The van der Waals surface area contributed by atoms with Gasteiger partial charge in [-0.05, 0) is 24.3 Å². The SMILES string of the molecule is [B]c1cnc(NS(=O)(=O)c2ccc(O)cc2)c(OC)n1. The lowest BCUT2D eigenvalue weighted by molar-refractivity contribution is 0.399. The number of methoxy groups -OCH3 is 1. The molecule has 1 heterocycles. The van der Waals surface area contributed by atoms with E-state index in [1.54, 1.807) is 0 Å². The Balaban J connectivity index is 2.35. The van der Waals surface area contributed by atoms with Gasteiger partial charge in [-0.2, -0.15) is 0 Å². The standard InChI is InChI=1S/C11H10BN3O4S/c1-19-11-10(13-6-9(12)14-11)15-20(17,18)8-4-2-7(16)3-5-8/h2-6,16H,1H3,(H,13,15). The smallest absolute Gasteiger partial charge is 0.263 e. The molecule has 0 aliphatic heterocycles. The molecule has 2 N–H and O–H groups in total. The van der Waals surface area contributed by atoms with Crippen LogP contribution in [-0.4, -0.2) is 38.4 Å². The summed E-state index contributed by atoms with van der Waals surface area (Å²) in [6.07, 6.45) is 1.21. The number of nitrogens with one attached hydrogen (secondary N) is 1. The third-order valence-corrected chi connectivity index (χ3v) is 3.69. The molecule has 0 unspecified atom stereocenters. The summed E-state index contributed by atoms with van der Waals surface area (Å²) in [5, 5.41) is 9.15. The number of benzene rings is 1. The number of hydrogen-bond donors (Lipinski definition) is 2. The first kappa shape index (κ1) is 14.1. The maximum atomic E-state index is 12.1. The molecule has 1 aromatic carbocycles. The zero-order chi connectivity index (χ0) is 14.8. The molecule has 2 aromatic rings. The van der Waals surface area contributed by atoms with Gasteiger partial charge < -0.3 is 9.84 Å². The van der Waals surface area contributed by atoms with Crippen molar-refractivity contribution in [3.05, 3.63) is 30.5 Å². The Hall–Kier alpha value is -2.29. The van der Waals surface area contributed by atoms with Crippen LogP contribution in [0.3, 0.4) is 0 Å². The zero-order valence-electron chi connectivity index (χ0n) is 10.4. The van der Waals surface area contributed by atoms with Crippen LogP contribution in [0.25, 0.3) is 0 Å². The predicted octanol–water partition coefficient (Wildman–Crippen LogP) is -0.215. The van der Waals surface area contributed by atoms with E-state index in [-0.39, 0.29) is 27.9 Å². The van der Waals surface area contributed by atoms with Crippen molar-refractivity contribution in [2.75, 3.05) is 11.8 Å². The number of ether oxygens (including phenoxy) is 1. The van der Waals surface area contributed by atoms with Crippen molar-refractivity contribution in [1.82, 2.24) is 9.97 Å². The molecule has 102 valence electrons. The van der Waals surface area contributed by atoms with Crippen LogP contribution in [0.2, 0.25) is 0 Å². The summed E-state index contributed by atoms with van der Waals surface area (Å²) in [5.74, 6) is -0.143. The van der Waals surface area contributed by atoms with E-state index in [2.05, 4.69) is 14.7 Å². The molecule has 9 heteroatoms. The van der Waals surface area contributed by atoms with Gasteiger partial charge in [-0.1, -0.05) is 0 Å². The van der Waals surface area contributed by atoms with Crippen LogP contribution >= 0.6 is 0 Å². The first-order chi connectivity index (χ1) is 9.42. The molecule has 0 fully saturated rings. The van der Waals surface area contributed by atoms with Crippen molar-refractivity contribution in [2.45, 2.75) is 4.90 Å². The normalized spacial score (nSPS) is 11.1. The van der Waals surface area contributed by atoms with Crippen molar-refractivity contribution in [2.24, 2.45) is 0 Å². The van der Waals surface area contributed by atoms with Gasteiger partial charge in [0.25, 0.3) is 15.9 Å². The average molecular weight is 291 g/mol. The van der Waals surface area contributed by atoms with Gasteiger partial charge in [0.1, 0.15) is 13.6 Å². The largest absolute Gasteiger partial charge is 0.508 e. The van der Waals surface area contributed by atoms with Gasteiger partial charge in [-0.3, -0.25) is 4.72 Å². The Labute approximate surface area is 117 Å². The number of rotatable bonds is 4. The Morgan fingerprint density at radius 2 is 1.95 bits per heavy atom. The monoisotopic (exact) mass is 291 g/mol. The number of aromatic hydroxyl groups is 1. The molecule has 2 rings (SSSR count). The van der Waals surface area contributed by atoms with E-state index in [9.17, 15) is 8.42 Å². The lowest BCUT2D eigenvalue weighted by atomic mass is 10.1. The maximum Gasteiger partial charge on any atom is 0.263 e. The molecule has 20 heavy (non-hydrogen) atoms. The minimum atomic E-state index is -3.86. The van der Waals surface area contributed by atoms with E-state index in [1.165, 1.54) is 37.6 Å². The minimum Gasteiger partial charge on any atom is -0.508 e. The first-order valence-corrected chi connectivity index (χ1v) is 6.89.